The average molecular weight is 220 g/mol. The van der Waals surface area contributed by atoms with E-state index < -0.39 is 31.7 Å². The first-order valence-corrected chi connectivity index (χ1v) is 5.96. The minimum absolute atomic E-state index is 0.332. The fraction of sp³-hybridized carbons (Fsp3) is 1.00. The average Bonchev–Trinajstić information content (AvgIpc) is 1.84. The van der Waals surface area contributed by atoms with Gasteiger partial charge in [-0.25, -0.2) is 5.26 Å². The number of hydrogen-bond donors (Lipinski definition) is 2. The molecule has 0 bridgehead atoms. The molecule has 9 heteroatoms. The van der Waals surface area contributed by atoms with Crippen LogP contribution in [-0.4, -0.2) is 38.2 Å². The van der Waals surface area contributed by atoms with E-state index in [9.17, 15) is 16.8 Å². The third kappa shape index (κ3) is 6.49. The van der Waals surface area contributed by atoms with Crippen molar-refractivity contribution >= 4 is 20.2 Å². The van der Waals surface area contributed by atoms with Crippen molar-refractivity contribution in [3.8, 4) is 0 Å². The fourth-order valence-corrected chi connectivity index (χ4v) is 1.72. The van der Waals surface area contributed by atoms with Gasteiger partial charge in [-0.1, -0.05) is 0 Å². The van der Waals surface area contributed by atoms with Gasteiger partial charge in [0, 0.05) is 0 Å². The van der Waals surface area contributed by atoms with Gasteiger partial charge in [-0.15, -0.1) is 4.33 Å². The standard InChI is InChI=1S/C3H8O7S2/c4-10-12(8,9)3-1-2-11(5,6)7/h4H,1-3H2,(H,5,6,7). The van der Waals surface area contributed by atoms with Gasteiger partial charge in [-0.3, -0.25) is 4.55 Å². The van der Waals surface area contributed by atoms with Crippen molar-refractivity contribution < 1.29 is 31.0 Å². The van der Waals surface area contributed by atoms with E-state index in [2.05, 4.69) is 4.33 Å². The first-order chi connectivity index (χ1) is 5.27. The van der Waals surface area contributed by atoms with Crippen molar-refractivity contribution in [2.75, 3.05) is 11.5 Å². The largest absolute Gasteiger partial charge is 0.293 e. The van der Waals surface area contributed by atoms with E-state index in [-0.39, 0.29) is 6.42 Å². The molecule has 74 valence electrons. The van der Waals surface area contributed by atoms with E-state index in [0.29, 0.717) is 0 Å². The van der Waals surface area contributed by atoms with Gasteiger partial charge in [0.2, 0.25) is 0 Å². The second-order valence-electron chi connectivity index (χ2n) is 1.98. The Balaban J connectivity index is 3.89. The van der Waals surface area contributed by atoms with Crippen molar-refractivity contribution in [2.45, 2.75) is 6.42 Å². The van der Waals surface area contributed by atoms with Gasteiger partial charge in [0.25, 0.3) is 20.2 Å². The second-order valence-corrected chi connectivity index (χ2v) is 5.22. The van der Waals surface area contributed by atoms with Gasteiger partial charge in [-0.05, 0) is 6.42 Å². The lowest BCUT2D eigenvalue weighted by atomic mass is 10.6. The zero-order valence-electron chi connectivity index (χ0n) is 5.87. The SMILES string of the molecule is O=S(=O)(O)CCCS(=O)(=O)OO. The highest BCUT2D eigenvalue weighted by molar-refractivity contribution is 7.87. The molecule has 0 unspecified atom stereocenters. The summed E-state index contributed by atoms with van der Waals surface area (Å²) in [5, 5.41) is 7.72. The number of rotatable bonds is 5. The van der Waals surface area contributed by atoms with Crippen molar-refractivity contribution in [1.82, 2.24) is 0 Å². The quantitative estimate of drug-likeness (QED) is 0.349. The van der Waals surface area contributed by atoms with Gasteiger partial charge >= 0.3 is 0 Å². The summed E-state index contributed by atoms with van der Waals surface area (Å²) in [5.74, 6) is -1.35. The molecular weight excluding hydrogens is 212 g/mol. The number of hydrogen-bond acceptors (Lipinski definition) is 6. The third-order valence-electron chi connectivity index (χ3n) is 0.910. The third-order valence-corrected chi connectivity index (χ3v) is 2.73. The van der Waals surface area contributed by atoms with Gasteiger partial charge in [-0.2, -0.15) is 16.8 Å². The normalized spacial score (nSPS) is 13.2. The van der Waals surface area contributed by atoms with E-state index in [0.717, 1.165) is 0 Å². The van der Waals surface area contributed by atoms with Crippen LogP contribution in [0.25, 0.3) is 0 Å². The van der Waals surface area contributed by atoms with Crippen LogP contribution in [0.4, 0.5) is 0 Å². The molecule has 0 aliphatic heterocycles. The minimum Gasteiger partial charge on any atom is -0.286 e. The summed E-state index contributed by atoms with van der Waals surface area (Å²) in [5.41, 5.74) is 0. The van der Waals surface area contributed by atoms with Gasteiger partial charge < -0.3 is 0 Å². The molecule has 0 aliphatic carbocycles. The van der Waals surface area contributed by atoms with Crippen molar-refractivity contribution in [1.29, 1.82) is 0 Å². The molecular formula is C3H8O7S2. The molecule has 12 heavy (non-hydrogen) atoms. The smallest absolute Gasteiger partial charge is 0.286 e. The van der Waals surface area contributed by atoms with E-state index in [1.807, 2.05) is 0 Å². The van der Waals surface area contributed by atoms with Crippen LogP contribution >= 0.6 is 0 Å². The molecule has 0 spiro atoms. The second kappa shape index (κ2) is 4.14. The predicted molar refractivity (Wildman–Crippen MR) is 38.5 cm³/mol. The maximum atomic E-state index is 10.3. The van der Waals surface area contributed by atoms with Crippen LogP contribution in [0.15, 0.2) is 0 Å². The highest BCUT2D eigenvalue weighted by Crippen LogP contribution is 1.96. The van der Waals surface area contributed by atoms with Gasteiger partial charge in [0.1, 0.15) is 0 Å². The van der Waals surface area contributed by atoms with Crippen molar-refractivity contribution in [3.63, 3.8) is 0 Å². The molecule has 0 aromatic rings. The van der Waals surface area contributed by atoms with Crippen LogP contribution in [0.5, 0.6) is 0 Å². The van der Waals surface area contributed by atoms with E-state index in [1.54, 1.807) is 0 Å². The Morgan fingerprint density at radius 3 is 1.92 bits per heavy atom. The van der Waals surface area contributed by atoms with Crippen LogP contribution in [0.2, 0.25) is 0 Å². The molecule has 0 aromatic carbocycles. The van der Waals surface area contributed by atoms with Crippen LogP contribution < -0.4 is 0 Å². The summed E-state index contributed by atoms with van der Waals surface area (Å²) in [4.78, 5) is 0. The van der Waals surface area contributed by atoms with Crippen LogP contribution in [0.1, 0.15) is 6.42 Å². The predicted octanol–water partition coefficient (Wildman–Crippen LogP) is -0.916. The lowest BCUT2D eigenvalue weighted by Crippen LogP contribution is -2.13. The minimum atomic E-state index is -4.16. The zero-order chi connectivity index (χ0) is 9.83. The Morgan fingerprint density at radius 1 is 1.08 bits per heavy atom. The summed E-state index contributed by atoms with van der Waals surface area (Å²) in [6.07, 6.45) is -0.332. The fourth-order valence-electron chi connectivity index (χ4n) is 0.455. The van der Waals surface area contributed by atoms with E-state index in [4.69, 9.17) is 9.81 Å². The summed E-state index contributed by atoms with van der Waals surface area (Å²) >= 11 is 0. The van der Waals surface area contributed by atoms with Crippen molar-refractivity contribution in [2.24, 2.45) is 0 Å². The lowest BCUT2D eigenvalue weighted by molar-refractivity contribution is -0.130. The molecule has 0 saturated carbocycles. The summed E-state index contributed by atoms with van der Waals surface area (Å²) < 4.78 is 52.0. The summed E-state index contributed by atoms with van der Waals surface area (Å²) in [7, 11) is -8.22. The highest BCUT2D eigenvalue weighted by Gasteiger charge is 2.12. The molecule has 0 atom stereocenters. The van der Waals surface area contributed by atoms with Crippen molar-refractivity contribution in [3.05, 3.63) is 0 Å². The molecule has 0 radical (unpaired) electrons. The first kappa shape index (κ1) is 11.8. The molecule has 0 aliphatic rings. The van der Waals surface area contributed by atoms with Gasteiger partial charge in [0.05, 0.1) is 11.5 Å². The first-order valence-electron chi connectivity index (χ1n) is 2.78. The van der Waals surface area contributed by atoms with Crippen LogP contribution in [0, 0.1) is 0 Å². The Kier molecular flexibility index (Phi) is 4.06. The molecule has 0 heterocycles. The molecule has 0 aromatic heterocycles. The highest BCUT2D eigenvalue weighted by atomic mass is 32.2. The van der Waals surface area contributed by atoms with Gasteiger partial charge in [0.15, 0.2) is 0 Å². The Hall–Kier alpha value is -0.220. The van der Waals surface area contributed by atoms with E-state index >= 15 is 0 Å². The maximum Gasteiger partial charge on any atom is 0.293 e. The molecule has 2 N–H and O–H groups in total. The molecule has 0 saturated heterocycles. The topological polar surface area (TPSA) is 118 Å². The molecule has 0 amide bonds. The molecule has 7 nitrogen and oxygen atoms in total. The van der Waals surface area contributed by atoms with Crippen LogP contribution in [0.3, 0.4) is 0 Å². The summed E-state index contributed by atoms with van der Waals surface area (Å²) in [6.45, 7) is 0. The lowest BCUT2D eigenvalue weighted by Gasteiger charge is -1.97. The van der Waals surface area contributed by atoms with E-state index in [1.165, 1.54) is 0 Å². The summed E-state index contributed by atoms with van der Waals surface area (Å²) in [6, 6.07) is 0. The zero-order valence-corrected chi connectivity index (χ0v) is 7.51. The molecule has 0 rings (SSSR count). The Labute approximate surface area is 69.8 Å². The Bertz CT molecular complexity index is 311. The monoisotopic (exact) mass is 220 g/mol. The van der Waals surface area contributed by atoms with Crippen LogP contribution in [-0.2, 0) is 24.6 Å². The molecule has 0 fully saturated rings. The maximum absolute atomic E-state index is 10.3. The Morgan fingerprint density at radius 2 is 1.58 bits per heavy atom.